The molecule has 2 aromatic carbocycles. The maximum absolute atomic E-state index is 11.9. The Morgan fingerprint density at radius 1 is 0.810 bits per heavy atom. The highest BCUT2D eigenvalue weighted by molar-refractivity contribution is 5.93. The molecule has 0 saturated carbocycles. The van der Waals surface area contributed by atoms with Crippen molar-refractivity contribution in [2.45, 2.75) is 11.5 Å². The highest BCUT2D eigenvalue weighted by Gasteiger charge is 2.52. The molecule has 5 heteroatoms. The maximum Gasteiger partial charge on any atom is 0.334 e. The fraction of sp³-hybridized carbons (Fsp3) is 0.125. The van der Waals surface area contributed by atoms with Crippen LogP contribution >= 0.6 is 0 Å². The molecule has 1 atom stereocenters. The number of hydrogen-bond acceptors (Lipinski definition) is 3. The van der Waals surface area contributed by atoms with Crippen LogP contribution in [0.3, 0.4) is 0 Å². The number of carbonyl (C=O) groups is 2. The molecule has 0 heterocycles. The molecule has 0 aliphatic rings. The van der Waals surface area contributed by atoms with Crippen molar-refractivity contribution in [1.29, 1.82) is 0 Å². The van der Waals surface area contributed by atoms with Crippen LogP contribution in [0.5, 0.6) is 0 Å². The fourth-order valence-corrected chi connectivity index (χ4v) is 2.43. The van der Waals surface area contributed by atoms with Gasteiger partial charge < -0.3 is 15.3 Å². The molecule has 3 N–H and O–H groups in total. The number of hydrogen-bond donors (Lipinski definition) is 3. The molecule has 0 saturated heterocycles. The lowest BCUT2D eigenvalue weighted by Gasteiger charge is -2.32. The molecule has 2 rings (SSSR count). The van der Waals surface area contributed by atoms with Gasteiger partial charge in [0.05, 0.1) is 0 Å². The topological polar surface area (TPSA) is 94.8 Å². The van der Waals surface area contributed by atoms with Crippen LogP contribution in [0.15, 0.2) is 60.7 Å². The number of aliphatic hydroxyl groups excluding tert-OH is 1. The molecule has 0 fully saturated rings. The molecule has 0 aromatic heterocycles. The Kier molecular flexibility index (Phi) is 4.05. The van der Waals surface area contributed by atoms with Crippen molar-refractivity contribution in [2.24, 2.45) is 0 Å². The fourth-order valence-electron chi connectivity index (χ4n) is 2.43. The molecular weight excluding hydrogens is 272 g/mol. The summed E-state index contributed by atoms with van der Waals surface area (Å²) in [5.74, 6) is -3.01. The van der Waals surface area contributed by atoms with Gasteiger partial charge in [-0.05, 0) is 11.1 Å². The minimum atomic E-state index is -2.11. The first-order chi connectivity index (χ1) is 10.0. The van der Waals surface area contributed by atoms with E-state index in [1.165, 1.54) is 24.3 Å². The largest absolute Gasteiger partial charge is 0.480 e. The van der Waals surface area contributed by atoms with Crippen LogP contribution in [-0.4, -0.2) is 33.4 Å². The van der Waals surface area contributed by atoms with Gasteiger partial charge >= 0.3 is 11.9 Å². The molecule has 2 aromatic rings. The summed E-state index contributed by atoms with van der Waals surface area (Å²) in [7, 11) is 0. The minimum absolute atomic E-state index is 0.207. The lowest BCUT2D eigenvalue weighted by atomic mass is 9.70. The van der Waals surface area contributed by atoms with Crippen molar-refractivity contribution >= 4 is 11.9 Å². The quantitative estimate of drug-likeness (QED) is 0.774. The van der Waals surface area contributed by atoms with Crippen molar-refractivity contribution in [1.82, 2.24) is 0 Å². The zero-order valence-corrected chi connectivity index (χ0v) is 11.0. The Labute approximate surface area is 121 Å². The predicted octanol–water partition coefficient (Wildman–Crippen LogP) is 1.50. The van der Waals surface area contributed by atoms with E-state index in [-0.39, 0.29) is 11.1 Å². The average Bonchev–Trinajstić information content (AvgIpc) is 2.49. The van der Waals surface area contributed by atoms with Gasteiger partial charge in [-0.2, -0.15) is 0 Å². The van der Waals surface area contributed by atoms with Gasteiger partial charge in [-0.1, -0.05) is 60.7 Å². The molecule has 0 aliphatic heterocycles. The summed E-state index contributed by atoms with van der Waals surface area (Å²) in [6, 6.07) is 15.8. The molecule has 0 aliphatic carbocycles. The lowest BCUT2D eigenvalue weighted by Crippen LogP contribution is -2.51. The van der Waals surface area contributed by atoms with E-state index in [0.717, 1.165) is 0 Å². The van der Waals surface area contributed by atoms with E-state index in [4.69, 9.17) is 0 Å². The number of benzene rings is 2. The predicted molar refractivity (Wildman–Crippen MR) is 74.9 cm³/mol. The second-order valence-corrected chi connectivity index (χ2v) is 4.59. The Hall–Kier alpha value is -2.66. The summed E-state index contributed by atoms with van der Waals surface area (Å²) in [6.45, 7) is 0. The number of rotatable bonds is 5. The van der Waals surface area contributed by atoms with Gasteiger partial charge in [0.1, 0.15) is 0 Å². The van der Waals surface area contributed by atoms with Crippen LogP contribution in [-0.2, 0) is 15.0 Å². The molecular formula is C16H14O5. The van der Waals surface area contributed by atoms with E-state index in [1.54, 1.807) is 36.4 Å². The summed E-state index contributed by atoms with van der Waals surface area (Å²) in [5.41, 5.74) is -1.65. The molecule has 0 radical (unpaired) electrons. The highest BCUT2D eigenvalue weighted by Crippen LogP contribution is 2.36. The van der Waals surface area contributed by atoms with Gasteiger partial charge in [0.2, 0.25) is 0 Å². The van der Waals surface area contributed by atoms with Crippen molar-refractivity contribution in [2.75, 3.05) is 0 Å². The van der Waals surface area contributed by atoms with E-state index < -0.39 is 23.5 Å². The summed E-state index contributed by atoms with van der Waals surface area (Å²) in [5, 5.41) is 29.0. The third-order valence-corrected chi connectivity index (χ3v) is 3.44. The highest BCUT2D eigenvalue weighted by atomic mass is 16.4. The molecule has 5 nitrogen and oxygen atoms in total. The SMILES string of the molecule is O=C(O)C(O)C(C(=O)O)(c1ccccc1)c1ccccc1. The van der Waals surface area contributed by atoms with Crippen molar-refractivity contribution in [3.05, 3.63) is 71.8 Å². The molecule has 108 valence electrons. The molecule has 1 unspecified atom stereocenters. The smallest absolute Gasteiger partial charge is 0.334 e. The summed E-state index contributed by atoms with van der Waals surface area (Å²) in [6.07, 6.45) is -2.11. The van der Waals surface area contributed by atoms with Gasteiger partial charge in [0, 0.05) is 0 Å². The number of carboxylic acid groups (broad SMARTS) is 2. The second-order valence-electron chi connectivity index (χ2n) is 4.59. The standard InChI is InChI=1S/C16H14O5/c17-13(14(18)19)16(15(20)21,11-7-3-1-4-8-11)12-9-5-2-6-10-12/h1-10,13,17H,(H,18,19)(H,20,21). The Balaban J connectivity index is 2.79. The van der Waals surface area contributed by atoms with Crippen molar-refractivity contribution < 1.29 is 24.9 Å². The van der Waals surface area contributed by atoms with E-state index in [9.17, 15) is 24.9 Å². The van der Waals surface area contributed by atoms with E-state index in [0.29, 0.717) is 0 Å². The van der Waals surface area contributed by atoms with E-state index >= 15 is 0 Å². The van der Waals surface area contributed by atoms with Crippen LogP contribution in [0, 0.1) is 0 Å². The first-order valence-electron chi connectivity index (χ1n) is 6.26. The van der Waals surface area contributed by atoms with Crippen LogP contribution in [0.1, 0.15) is 11.1 Å². The summed E-state index contributed by atoms with van der Waals surface area (Å²) < 4.78 is 0. The zero-order valence-electron chi connectivity index (χ0n) is 11.0. The Morgan fingerprint density at radius 3 is 1.48 bits per heavy atom. The summed E-state index contributed by atoms with van der Waals surface area (Å²) >= 11 is 0. The normalized spacial score (nSPS) is 12.6. The third kappa shape index (κ3) is 2.39. The van der Waals surface area contributed by atoms with Crippen LogP contribution in [0.25, 0.3) is 0 Å². The van der Waals surface area contributed by atoms with Crippen LogP contribution < -0.4 is 0 Å². The first kappa shape index (κ1) is 14.7. The van der Waals surface area contributed by atoms with Gasteiger partial charge in [-0.3, -0.25) is 4.79 Å². The lowest BCUT2D eigenvalue weighted by molar-refractivity contribution is -0.160. The minimum Gasteiger partial charge on any atom is -0.480 e. The van der Waals surface area contributed by atoms with Crippen LogP contribution in [0.4, 0.5) is 0 Å². The monoisotopic (exact) mass is 286 g/mol. The van der Waals surface area contributed by atoms with E-state index in [2.05, 4.69) is 0 Å². The zero-order chi connectivity index (χ0) is 15.5. The molecule has 0 spiro atoms. The molecule has 21 heavy (non-hydrogen) atoms. The average molecular weight is 286 g/mol. The van der Waals surface area contributed by atoms with Gasteiger partial charge in [0.15, 0.2) is 11.5 Å². The van der Waals surface area contributed by atoms with Crippen molar-refractivity contribution in [3.8, 4) is 0 Å². The molecule has 0 bridgehead atoms. The van der Waals surface area contributed by atoms with Crippen LogP contribution in [0.2, 0.25) is 0 Å². The van der Waals surface area contributed by atoms with Gasteiger partial charge in [-0.15, -0.1) is 0 Å². The Bertz CT molecular complexity index is 597. The second kappa shape index (κ2) is 5.76. The first-order valence-corrected chi connectivity index (χ1v) is 6.26. The van der Waals surface area contributed by atoms with Gasteiger partial charge in [-0.25, -0.2) is 4.79 Å². The number of carboxylic acids is 2. The van der Waals surface area contributed by atoms with Gasteiger partial charge in [0.25, 0.3) is 0 Å². The van der Waals surface area contributed by atoms with Crippen molar-refractivity contribution in [3.63, 3.8) is 0 Å². The summed E-state index contributed by atoms with van der Waals surface area (Å²) in [4.78, 5) is 23.2. The maximum atomic E-state index is 11.9. The Morgan fingerprint density at radius 2 is 1.19 bits per heavy atom. The van der Waals surface area contributed by atoms with E-state index in [1.807, 2.05) is 0 Å². The third-order valence-electron chi connectivity index (χ3n) is 3.44. The number of aliphatic hydroxyl groups is 1. The molecule has 0 amide bonds. The number of aliphatic carboxylic acids is 2.